The first-order valence-electron chi connectivity index (χ1n) is 5.35. The van der Waals surface area contributed by atoms with E-state index in [-0.39, 0.29) is 5.92 Å². The van der Waals surface area contributed by atoms with Crippen molar-refractivity contribution in [1.29, 1.82) is 0 Å². The molecule has 1 nitrogen and oxygen atoms in total. The standard InChI is InChI=1S/C12H13Br2F3O/c1-7(2)9-5-8(13)3-4-10(9)18-6-11(14)12(15,16)17/h3-5,7,11H,6H2,1-2H3. The number of alkyl halides is 4. The number of halogens is 5. The molecular formula is C12H13Br2F3O. The van der Waals surface area contributed by atoms with Gasteiger partial charge in [0.1, 0.15) is 17.2 Å². The van der Waals surface area contributed by atoms with Gasteiger partial charge in [-0.25, -0.2) is 0 Å². The van der Waals surface area contributed by atoms with Crippen molar-refractivity contribution < 1.29 is 17.9 Å². The molecule has 0 saturated heterocycles. The van der Waals surface area contributed by atoms with Gasteiger partial charge in [-0.05, 0) is 29.7 Å². The molecular weight excluding hydrogens is 377 g/mol. The highest BCUT2D eigenvalue weighted by atomic mass is 79.9. The van der Waals surface area contributed by atoms with E-state index >= 15 is 0 Å². The largest absolute Gasteiger partial charge is 0.492 e. The lowest BCUT2D eigenvalue weighted by Crippen LogP contribution is -2.29. The quantitative estimate of drug-likeness (QED) is 0.636. The third kappa shape index (κ3) is 4.46. The van der Waals surface area contributed by atoms with Gasteiger partial charge in [-0.15, -0.1) is 0 Å². The van der Waals surface area contributed by atoms with Gasteiger partial charge in [0.15, 0.2) is 0 Å². The zero-order valence-electron chi connectivity index (χ0n) is 9.89. The van der Waals surface area contributed by atoms with Crippen molar-refractivity contribution in [2.75, 3.05) is 6.61 Å². The highest BCUT2D eigenvalue weighted by Gasteiger charge is 2.38. The Morgan fingerprint density at radius 3 is 2.39 bits per heavy atom. The molecule has 0 fully saturated rings. The number of rotatable bonds is 4. The second-order valence-electron chi connectivity index (χ2n) is 4.16. The Morgan fingerprint density at radius 1 is 1.28 bits per heavy atom. The molecule has 0 spiro atoms. The zero-order chi connectivity index (χ0) is 13.9. The van der Waals surface area contributed by atoms with Crippen LogP contribution in [0.5, 0.6) is 5.75 Å². The number of benzene rings is 1. The molecule has 0 aromatic heterocycles. The second-order valence-corrected chi connectivity index (χ2v) is 6.18. The third-order valence-corrected chi connectivity index (χ3v) is 3.61. The maximum absolute atomic E-state index is 12.3. The number of hydrogen-bond acceptors (Lipinski definition) is 1. The maximum atomic E-state index is 12.3. The summed E-state index contributed by atoms with van der Waals surface area (Å²) in [6.07, 6.45) is -4.30. The fourth-order valence-corrected chi connectivity index (χ4v) is 1.87. The summed E-state index contributed by atoms with van der Waals surface area (Å²) in [6, 6.07) is 5.28. The SMILES string of the molecule is CC(C)c1cc(Br)ccc1OCC(Br)C(F)(F)F. The predicted octanol–water partition coefficient (Wildman–Crippen LogP) is 5.28. The molecule has 0 aliphatic rings. The van der Waals surface area contributed by atoms with Crippen molar-refractivity contribution in [3.8, 4) is 5.75 Å². The summed E-state index contributed by atoms with van der Waals surface area (Å²) in [4.78, 5) is -1.66. The molecule has 0 bridgehead atoms. The minimum atomic E-state index is -4.30. The molecule has 0 aliphatic heterocycles. The number of hydrogen-bond donors (Lipinski definition) is 0. The van der Waals surface area contributed by atoms with Crippen molar-refractivity contribution >= 4 is 31.9 Å². The molecule has 0 amide bonds. The fraction of sp³-hybridized carbons (Fsp3) is 0.500. The van der Waals surface area contributed by atoms with Crippen LogP contribution in [0.15, 0.2) is 22.7 Å². The fourth-order valence-electron chi connectivity index (χ4n) is 1.36. The minimum absolute atomic E-state index is 0.178. The van der Waals surface area contributed by atoms with Gasteiger partial charge in [-0.1, -0.05) is 45.7 Å². The van der Waals surface area contributed by atoms with Crippen LogP contribution in [0.3, 0.4) is 0 Å². The molecule has 0 N–H and O–H groups in total. The first kappa shape index (κ1) is 15.8. The van der Waals surface area contributed by atoms with E-state index in [1.807, 2.05) is 19.9 Å². The van der Waals surface area contributed by atoms with Gasteiger partial charge in [-0.3, -0.25) is 0 Å². The van der Waals surface area contributed by atoms with E-state index in [4.69, 9.17) is 4.74 Å². The lowest BCUT2D eigenvalue weighted by Gasteiger charge is -2.18. The van der Waals surface area contributed by atoms with Crippen LogP contribution in [0.25, 0.3) is 0 Å². The molecule has 18 heavy (non-hydrogen) atoms. The zero-order valence-corrected chi connectivity index (χ0v) is 13.1. The topological polar surface area (TPSA) is 9.23 Å². The van der Waals surface area contributed by atoms with Gasteiger partial charge in [0.2, 0.25) is 0 Å². The van der Waals surface area contributed by atoms with E-state index in [0.29, 0.717) is 5.75 Å². The molecule has 1 atom stereocenters. The third-order valence-electron chi connectivity index (χ3n) is 2.33. The van der Waals surface area contributed by atoms with Crippen LogP contribution in [0.2, 0.25) is 0 Å². The molecule has 102 valence electrons. The lowest BCUT2D eigenvalue weighted by molar-refractivity contribution is -0.132. The lowest BCUT2D eigenvalue weighted by atomic mass is 10.0. The van der Waals surface area contributed by atoms with Gasteiger partial charge >= 0.3 is 6.18 Å². The van der Waals surface area contributed by atoms with Crippen molar-refractivity contribution in [2.45, 2.75) is 30.8 Å². The summed E-state index contributed by atoms with van der Waals surface area (Å²) in [7, 11) is 0. The predicted molar refractivity (Wildman–Crippen MR) is 72.5 cm³/mol. The van der Waals surface area contributed by atoms with Gasteiger partial charge in [0.25, 0.3) is 0 Å². The van der Waals surface area contributed by atoms with Crippen molar-refractivity contribution in [3.05, 3.63) is 28.2 Å². The molecule has 0 saturated carbocycles. The van der Waals surface area contributed by atoms with Gasteiger partial charge in [0.05, 0.1) is 0 Å². The van der Waals surface area contributed by atoms with Crippen LogP contribution in [-0.2, 0) is 0 Å². The van der Waals surface area contributed by atoms with E-state index in [1.54, 1.807) is 12.1 Å². The maximum Gasteiger partial charge on any atom is 0.404 e. The van der Waals surface area contributed by atoms with Gasteiger partial charge < -0.3 is 4.74 Å². The molecule has 0 radical (unpaired) electrons. The molecule has 1 unspecified atom stereocenters. The smallest absolute Gasteiger partial charge is 0.404 e. The summed E-state index contributed by atoms with van der Waals surface area (Å²) in [5, 5.41) is 0. The average Bonchev–Trinajstić information content (AvgIpc) is 2.25. The van der Waals surface area contributed by atoms with E-state index in [9.17, 15) is 13.2 Å². The monoisotopic (exact) mass is 388 g/mol. The summed E-state index contributed by atoms with van der Waals surface area (Å²) in [6.45, 7) is 3.48. The molecule has 0 aliphatic carbocycles. The normalized spacial score (nSPS) is 13.8. The van der Waals surface area contributed by atoms with Crippen LogP contribution in [0, 0.1) is 0 Å². The Balaban J connectivity index is 2.79. The van der Waals surface area contributed by atoms with Crippen molar-refractivity contribution in [2.24, 2.45) is 0 Å². The number of ether oxygens (including phenoxy) is 1. The van der Waals surface area contributed by atoms with E-state index in [0.717, 1.165) is 10.0 Å². The van der Waals surface area contributed by atoms with Crippen LogP contribution in [-0.4, -0.2) is 17.6 Å². The molecule has 1 aromatic rings. The minimum Gasteiger partial charge on any atom is -0.492 e. The molecule has 0 heterocycles. The highest BCUT2D eigenvalue weighted by Crippen LogP contribution is 2.31. The van der Waals surface area contributed by atoms with Crippen LogP contribution < -0.4 is 4.74 Å². The summed E-state index contributed by atoms with van der Waals surface area (Å²) in [5.74, 6) is 0.666. The summed E-state index contributed by atoms with van der Waals surface area (Å²) in [5.41, 5.74) is 0.881. The second kappa shape index (κ2) is 6.28. The van der Waals surface area contributed by atoms with Crippen molar-refractivity contribution in [1.82, 2.24) is 0 Å². The van der Waals surface area contributed by atoms with E-state index < -0.39 is 17.6 Å². The summed E-state index contributed by atoms with van der Waals surface area (Å²) < 4.78 is 43.2. The van der Waals surface area contributed by atoms with Crippen LogP contribution in [0.1, 0.15) is 25.3 Å². The van der Waals surface area contributed by atoms with Gasteiger partial charge in [-0.2, -0.15) is 13.2 Å². The van der Waals surface area contributed by atoms with Gasteiger partial charge in [0, 0.05) is 4.47 Å². The van der Waals surface area contributed by atoms with E-state index in [1.165, 1.54) is 0 Å². The highest BCUT2D eigenvalue weighted by molar-refractivity contribution is 9.10. The Kier molecular flexibility index (Phi) is 5.52. The Labute approximate surface area is 121 Å². The Morgan fingerprint density at radius 2 is 1.89 bits per heavy atom. The Bertz CT molecular complexity index is 405. The van der Waals surface area contributed by atoms with Crippen LogP contribution >= 0.6 is 31.9 Å². The Hall–Kier alpha value is -0.230. The van der Waals surface area contributed by atoms with Crippen LogP contribution in [0.4, 0.5) is 13.2 Å². The van der Waals surface area contributed by atoms with Crippen molar-refractivity contribution in [3.63, 3.8) is 0 Å². The summed E-state index contributed by atoms with van der Waals surface area (Å²) >= 11 is 5.90. The average molecular weight is 390 g/mol. The van der Waals surface area contributed by atoms with E-state index in [2.05, 4.69) is 31.9 Å². The molecule has 6 heteroatoms. The first-order chi connectivity index (χ1) is 8.21. The molecule has 1 aromatic carbocycles. The molecule has 1 rings (SSSR count). The first-order valence-corrected chi connectivity index (χ1v) is 7.05.